The Labute approximate surface area is 154 Å². The molecule has 1 atom stereocenters. The van der Waals surface area contributed by atoms with E-state index in [1.165, 1.54) is 6.42 Å². The average molecular weight is 359 g/mol. The second-order valence-corrected chi connectivity index (χ2v) is 7.42. The van der Waals surface area contributed by atoms with Gasteiger partial charge in [0, 0.05) is 39.1 Å². The number of likely N-dealkylation sites (tertiary alicyclic amines) is 1. The number of hydrogen-bond donors (Lipinski definition) is 1. The van der Waals surface area contributed by atoms with Crippen molar-refractivity contribution in [1.82, 2.24) is 34.8 Å². The van der Waals surface area contributed by atoms with Gasteiger partial charge in [0.25, 0.3) is 0 Å². The van der Waals surface area contributed by atoms with Crippen LogP contribution in [0.4, 0.5) is 0 Å². The molecule has 0 amide bonds. The summed E-state index contributed by atoms with van der Waals surface area (Å²) in [6, 6.07) is 0.449. The summed E-state index contributed by atoms with van der Waals surface area (Å²) >= 11 is 0. The lowest BCUT2D eigenvalue weighted by molar-refractivity contribution is 0.158. The quantitative estimate of drug-likeness (QED) is 0.796. The minimum atomic E-state index is 0.449. The first-order valence-electron chi connectivity index (χ1n) is 9.69. The van der Waals surface area contributed by atoms with Gasteiger partial charge in [-0.25, -0.2) is 9.67 Å². The predicted molar refractivity (Wildman–Crippen MR) is 98.8 cm³/mol. The molecular weight excluding hydrogens is 330 g/mol. The highest BCUT2D eigenvalue weighted by atomic mass is 16.5. The maximum atomic E-state index is 5.20. The first kappa shape index (κ1) is 17.6. The van der Waals surface area contributed by atoms with Crippen LogP contribution in [0.15, 0.2) is 18.6 Å². The molecule has 2 aliphatic heterocycles. The lowest BCUT2D eigenvalue weighted by Gasteiger charge is -2.22. The van der Waals surface area contributed by atoms with Crippen LogP contribution in [0.5, 0.6) is 0 Å². The Balaban J connectivity index is 1.40. The maximum Gasteiger partial charge on any atom is 0.162 e. The van der Waals surface area contributed by atoms with Crippen molar-refractivity contribution >= 4 is 0 Å². The number of methoxy groups -OCH3 is 1. The van der Waals surface area contributed by atoms with Gasteiger partial charge >= 0.3 is 0 Å². The van der Waals surface area contributed by atoms with Crippen molar-refractivity contribution in [1.29, 1.82) is 0 Å². The lowest BCUT2D eigenvalue weighted by Crippen LogP contribution is -2.29. The molecule has 2 fully saturated rings. The van der Waals surface area contributed by atoms with Crippen LogP contribution in [-0.2, 0) is 11.3 Å². The second kappa shape index (κ2) is 8.28. The van der Waals surface area contributed by atoms with Crippen molar-refractivity contribution < 1.29 is 4.74 Å². The Kier molecular flexibility index (Phi) is 5.62. The van der Waals surface area contributed by atoms with Crippen molar-refractivity contribution in [2.75, 3.05) is 46.4 Å². The van der Waals surface area contributed by atoms with Gasteiger partial charge in [-0.2, -0.15) is 0 Å². The standard InChI is InChI=1S/C18H29N7O/c1-26-11-10-23-8-4-15(12-23)13-24-9-7-20-18(24)17-14-25(22-21-17)16-2-5-19-6-3-16/h7,9,14-16,19H,2-6,8,10-13H2,1H3/t15-/m0/s1. The zero-order valence-electron chi connectivity index (χ0n) is 15.5. The van der Waals surface area contributed by atoms with E-state index in [1.807, 2.05) is 10.9 Å². The summed E-state index contributed by atoms with van der Waals surface area (Å²) in [5, 5.41) is 12.2. The van der Waals surface area contributed by atoms with Gasteiger partial charge in [-0.3, -0.25) is 0 Å². The van der Waals surface area contributed by atoms with Gasteiger partial charge in [0.15, 0.2) is 5.82 Å². The molecule has 2 aromatic rings. The maximum absolute atomic E-state index is 5.20. The van der Waals surface area contributed by atoms with E-state index in [-0.39, 0.29) is 0 Å². The number of rotatable bonds is 7. The predicted octanol–water partition coefficient (Wildman–Crippen LogP) is 1.03. The first-order chi connectivity index (χ1) is 12.8. The van der Waals surface area contributed by atoms with Crippen LogP contribution in [0.3, 0.4) is 0 Å². The highest BCUT2D eigenvalue weighted by Gasteiger charge is 2.24. The molecule has 8 heteroatoms. The number of nitrogens with one attached hydrogen (secondary N) is 1. The molecule has 8 nitrogen and oxygen atoms in total. The van der Waals surface area contributed by atoms with E-state index in [2.05, 4.69) is 42.5 Å². The van der Waals surface area contributed by atoms with Crippen molar-refractivity contribution in [3.63, 3.8) is 0 Å². The highest BCUT2D eigenvalue weighted by Crippen LogP contribution is 2.23. The zero-order valence-corrected chi connectivity index (χ0v) is 15.5. The molecule has 2 aliphatic rings. The third-order valence-electron chi connectivity index (χ3n) is 5.57. The highest BCUT2D eigenvalue weighted by molar-refractivity contribution is 5.47. The van der Waals surface area contributed by atoms with Gasteiger partial charge in [0.1, 0.15) is 5.69 Å². The Hall–Kier alpha value is -1.77. The van der Waals surface area contributed by atoms with E-state index in [0.717, 1.165) is 70.2 Å². The third-order valence-corrected chi connectivity index (χ3v) is 5.57. The van der Waals surface area contributed by atoms with Crippen LogP contribution in [-0.4, -0.2) is 75.9 Å². The van der Waals surface area contributed by atoms with E-state index >= 15 is 0 Å². The van der Waals surface area contributed by atoms with Crippen molar-refractivity contribution in [2.24, 2.45) is 5.92 Å². The van der Waals surface area contributed by atoms with Gasteiger partial charge < -0.3 is 19.5 Å². The average Bonchev–Trinajstić information content (AvgIpc) is 3.42. The fraction of sp³-hybridized carbons (Fsp3) is 0.722. The normalized spacial score (nSPS) is 22.3. The SMILES string of the molecule is COCCN1CC[C@H](Cn2ccnc2-c2cn(C3CCNCC3)nn2)C1. The molecule has 0 saturated carbocycles. The van der Waals surface area contributed by atoms with Gasteiger partial charge in [-0.05, 0) is 44.8 Å². The molecule has 0 aliphatic carbocycles. The fourth-order valence-corrected chi connectivity index (χ4v) is 4.08. The molecule has 142 valence electrons. The van der Waals surface area contributed by atoms with Gasteiger partial charge in [-0.15, -0.1) is 5.10 Å². The molecule has 0 bridgehead atoms. The van der Waals surface area contributed by atoms with E-state index in [1.54, 1.807) is 7.11 Å². The molecule has 0 radical (unpaired) electrons. The largest absolute Gasteiger partial charge is 0.383 e. The van der Waals surface area contributed by atoms with Crippen LogP contribution in [0.1, 0.15) is 25.3 Å². The Bertz CT molecular complexity index is 691. The molecule has 0 aromatic carbocycles. The van der Waals surface area contributed by atoms with E-state index < -0.39 is 0 Å². The van der Waals surface area contributed by atoms with Crippen LogP contribution >= 0.6 is 0 Å². The number of hydrogen-bond acceptors (Lipinski definition) is 6. The number of nitrogens with zero attached hydrogens (tertiary/aromatic N) is 6. The van der Waals surface area contributed by atoms with Crippen LogP contribution in [0.2, 0.25) is 0 Å². The van der Waals surface area contributed by atoms with Crippen LogP contribution in [0, 0.1) is 5.92 Å². The van der Waals surface area contributed by atoms with E-state index in [9.17, 15) is 0 Å². The summed E-state index contributed by atoms with van der Waals surface area (Å²) in [6.45, 7) is 7.20. The topological polar surface area (TPSA) is 73.0 Å². The van der Waals surface area contributed by atoms with Crippen molar-refractivity contribution in [3.05, 3.63) is 18.6 Å². The number of piperidine rings is 1. The van der Waals surface area contributed by atoms with Gasteiger partial charge in [-0.1, -0.05) is 5.21 Å². The molecule has 2 saturated heterocycles. The molecule has 4 heterocycles. The molecular formula is C18H29N7O. The van der Waals surface area contributed by atoms with Gasteiger partial charge in [0.2, 0.25) is 0 Å². The Morgan fingerprint density at radius 2 is 2.15 bits per heavy atom. The summed E-state index contributed by atoms with van der Waals surface area (Å²) in [7, 11) is 1.77. The monoisotopic (exact) mass is 359 g/mol. The Morgan fingerprint density at radius 1 is 1.27 bits per heavy atom. The summed E-state index contributed by atoms with van der Waals surface area (Å²) < 4.78 is 9.46. The molecule has 0 unspecified atom stereocenters. The summed E-state index contributed by atoms with van der Waals surface area (Å²) in [4.78, 5) is 7.04. The fourth-order valence-electron chi connectivity index (χ4n) is 4.08. The molecule has 0 spiro atoms. The number of aromatic nitrogens is 5. The zero-order chi connectivity index (χ0) is 17.8. The molecule has 26 heavy (non-hydrogen) atoms. The smallest absolute Gasteiger partial charge is 0.162 e. The first-order valence-corrected chi connectivity index (χ1v) is 9.69. The summed E-state index contributed by atoms with van der Waals surface area (Å²) in [5.74, 6) is 1.58. The summed E-state index contributed by atoms with van der Waals surface area (Å²) in [5.41, 5.74) is 0.878. The van der Waals surface area contributed by atoms with E-state index in [4.69, 9.17) is 4.74 Å². The Morgan fingerprint density at radius 3 is 3.00 bits per heavy atom. The van der Waals surface area contributed by atoms with Crippen molar-refractivity contribution in [3.8, 4) is 11.5 Å². The number of ether oxygens (including phenoxy) is 1. The third kappa shape index (κ3) is 3.97. The lowest BCUT2D eigenvalue weighted by atomic mass is 10.1. The molecule has 4 rings (SSSR count). The molecule has 2 aromatic heterocycles. The molecule has 1 N–H and O–H groups in total. The van der Waals surface area contributed by atoms with Crippen molar-refractivity contribution in [2.45, 2.75) is 31.8 Å². The van der Waals surface area contributed by atoms with Gasteiger partial charge in [0.05, 0.1) is 18.8 Å². The minimum absolute atomic E-state index is 0.449. The van der Waals surface area contributed by atoms with Crippen LogP contribution < -0.4 is 5.32 Å². The van der Waals surface area contributed by atoms with Crippen LogP contribution in [0.25, 0.3) is 11.5 Å². The minimum Gasteiger partial charge on any atom is -0.383 e. The number of imidazole rings is 1. The summed E-state index contributed by atoms with van der Waals surface area (Å²) in [6.07, 6.45) is 9.44. The second-order valence-electron chi connectivity index (χ2n) is 7.42. The van der Waals surface area contributed by atoms with E-state index in [0.29, 0.717) is 12.0 Å².